The maximum atomic E-state index is 13.4. The second kappa shape index (κ2) is 5.49. The average molecular weight is 361 g/mol. The third kappa shape index (κ3) is 2.55. The van der Waals surface area contributed by atoms with E-state index in [1.807, 2.05) is 19.2 Å². The van der Waals surface area contributed by atoms with Gasteiger partial charge in [0.1, 0.15) is 17.2 Å². The number of fused-ring (bicyclic) bond motifs is 2. The van der Waals surface area contributed by atoms with Crippen LogP contribution in [-0.2, 0) is 13.0 Å². The molecule has 0 bridgehead atoms. The monoisotopic (exact) mass is 361 g/mol. The van der Waals surface area contributed by atoms with E-state index in [9.17, 15) is 4.39 Å². The summed E-state index contributed by atoms with van der Waals surface area (Å²) in [6.07, 6.45) is 4.09. The first-order valence-corrected chi connectivity index (χ1v) is 9.08. The molecular formula is C21H20FN5. The Morgan fingerprint density at radius 2 is 2.07 bits per heavy atom. The van der Waals surface area contributed by atoms with Crippen LogP contribution in [0.4, 0.5) is 4.39 Å². The van der Waals surface area contributed by atoms with Gasteiger partial charge in [0.25, 0.3) is 0 Å². The van der Waals surface area contributed by atoms with Crippen LogP contribution in [0.15, 0.2) is 36.7 Å². The summed E-state index contributed by atoms with van der Waals surface area (Å²) < 4.78 is 15.5. The summed E-state index contributed by atoms with van der Waals surface area (Å²) in [6, 6.07) is 7.28. The van der Waals surface area contributed by atoms with Crippen LogP contribution in [0.3, 0.4) is 0 Å². The van der Waals surface area contributed by atoms with Gasteiger partial charge in [-0.05, 0) is 48.6 Å². The van der Waals surface area contributed by atoms with Gasteiger partial charge in [0.05, 0.1) is 11.9 Å². The molecule has 0 unspecified atom stereocenters. The second-order valence-corrected chi connectivity index (χ2v) is 8.08. The molecule has 0 radical (unpaired) electrons. The SMILES string of the molecule is Cc1cc(-c2c(-c3ccc(F)cn3)nn3c2CC(C)(C)C3)c2cc[nH]c2n1. The number of halogens is 1. The van der Waals surface area contributed by atoms with E-state index in [-0.39, 0.29) is 11.2 Å². The molecule has 0 fully saturated rings. The smallest absolute Gasteiger partial charge is 0.141 e. The van der Waals surface area contributed by atoms with Gasteiger partial charge in [0, 0.05) is 35.1 Å². The number of hydrogen-bond acceptors (Lipinski definition) is 3. The minimum atomic E-state index is -0.346. The predicted molar refractivity (Wildman–Crippen MR) is 103 cm³/mol. The number of aryl methyl sites for hydroxylation is 1. The molecule has 0 aliphatic carbocycles. The van der Waals surface area contributed by atoms with Crippen LogP contribution in [-0.4, -0.2) is 24.7 Å². The Balaban J connectivity index is 1.82. The molecule has 0 aromatic carbocycles. The number of nitrogens with one attached hydrogen (secondary N) is 1. The van der Waals surface area contributed by atoms with Gasteiger partial charge < -0.3 is 4.98 Å². The Bertz CT molecular complexity index is 1170. The first kappa shape index (κ1) is 16.2. The third-order valence-corrected chi connectivity index (χ3v) is 5.18. The molecule has 5 heterocycles. The van der Waals surface area contributed by atoms with E-state index < -0.39 is 0 Å². The summed E-state index contributed by atoms with van der Waals surface area (Å²) in [5, 5.41) is 5.94. The highest BCUT2D eigenvalue weighted by Crippen LogP contribution is 2.43. The molecule has 0 amide bonds. The predicted octanol–water partition coefficient (Wildman–Crippen LogP) is 4.52. The Kier molecular flexibility index (Phi) is 3.29. The minimum absolute atomic E-state index is 0.158. The molecule has 1 aliphatic rings. The fraction of sp³-hybridized carbons (Fsp3) is 0.286. The molecule has 27 heavy (non-hydrogen) atoms. The molecule has 4 aromatic rings. The van der Waals surface area contributed by atoms with Crippen LogP contribution in [0.25, 0.3) is 33.5 Å². The standard InChI is InChI=1S/C21H20FN5/c1-12-8-15(14-6-7-23-20(14)25-12)18-17-9-21(2,3)11-27(17)26-19(18)16-5-4-13(22)10-24-16/h4-8,10H,9,11H2,1-3H3,(H,23,25). The Morgan fingerprint density at radius 1 is 1.22 bits per heavy atom. The highest BCUT2D eigenvalue weighted by Gasteiger charge is 2.35. The molecule has 5 nitrogen and oxygen atoms in total. The Hall–Kier alpha value is -3.02. The summed E-state index contributed by atoms with van der Waals surface area (Å²) in [5.41, 5.74) is 6.82. The molecule has 136 valence electrons. The zero-order valence-electron chi connectivity index (χ0n) is 15.5. The Morgan fingerprint density at radius 3 is 2.85 bits per heavy atom. The molecule has 1 N–H and O–H groups in total. The Labute approximate surface area is 156 Å². The fourth-order valence-corrected chi connectivity index (χ4v) is 4.07. The average Bonchev–Trinajstić information content (AvgIpc) is 3.26. The van der Waals surface area contributed by atoms with Gasteiger partial charge in [0.15, 0.2) is 0 Å². The van der Waals surface area contributed by atoms with Crippen molar-refractivity contribution in [1.82, 2.24) is 24.7 Å². The molecule has 4 aromatic heterocycles. The normalized spacial score (nSPS) is 15.4. The van der Waals surface area contributed by atoms with Crippen molar-refractivity contribution >= 4 is 11.0 Å². The molecule has 0 saturated heterocycles. The van der Waals surface area contributed by atoms with Crippen molar-refractivity contribution in [2.24, 2.45) is 5.41 Å². The van der Waals surface area contributed by atoms with Gasteiger partial charge >= 0.3 is 0 Å². The van der Waals surface area contributed by atoms with E-state index in [2.05, 4.69) is 39.5 Å². The lowest BCUT2D eigenvalue weighted by Gasteiger charge is -2.16. The molecule has 0 spiro atoms. The summed E-state index contributed by atoms with van der Waals surface area (Å²) in [4.78, 5) is 12.1. The number of nitrogens with zero attached hydrogens (tertiary/aromatic N) is 4. The van der Waals surface area contributed by atoms with E-state index in [1.54, 1.807) is 6.07 Å². The van der Waals surface area contributed by atoms with Crippen LogP contribution in [0.2, 0.25) is 0 Å². The number of H-pyrrole nitrogens is 1. The van der Waals surface area contributed by atoms with Gasteiger partial charge in [-0.2, -0.15) is 5.10 Å². The number of rotatable bonds is 2. The third-order valence-electron chi connectivity index (χ3n) is 5.18. The first-order valence-electron chi connectivity index (χ1n) is 9.08. The molecule has 1 aliphatic heterocycles. The first-order chi connectivity index (χ1) is 12.9. The summed E-state index contributed by atoms with van der Waals surface area (Å²) in [5.74, 6) is -0.346. The van der Waals surface area contributed by atoms with Crippen LogP contribution in [0.5, 0.6) is 0 Å². The molecular weight excluding hydrogens is 341 g/mol. The summed E-state index contributed by atoms with van der Waals surface area (Å²) in [7, 11) is 0. The van der Waals surface area contributed by atoms with E-state index in [1.165, 1.54) is 18.0 Å². The van der Waals surface area contributed by atoms with E-state index in [0.717, 1.165) is 46.5 Å². The molecule has 0 saturated carbocycles. The highest BCUT2D eigenvalue weighted by atomic mass is 19.1. The van der Waals surface area contributed by atoms with Crippen molar-refractivity contribution in [2.45, 2.75) is 33.7 Å². The van der Waals surface area contributed by atoms with Gasteiger partial charge in [-0.1, -0.05) is 13.8 Å². The zero-order valence-corrected chi connectivity index (χ0v) is 15.5. The van der Waals surface area contributed by atoms with Crippen molar-refractivity contribution in [1.29, 1.82) is 0 Å². The van der Waals surface area contributed by atoms with Crippen molar-refractivity contribution in [3.8, 4) is 22.5 Å². The highest BCUT2D eigenvalue weighted by molar-refractivity contribution is 5.98. The number of hydrogen-bond donors (Lipinski definition) is 1. The maximum Gasteiger partial charge on any atom is 0.141 e. The van der Waals surface area contributed by atoms with Crippen LogP contribution >= 0.6 is 0 Å². The quantitative estimate of drug-likeness (QED) is 0.571. The summed E-state index contributed by atoms with van der Waals surface area (Å²) in [6.45, 7) is 7.36. The van der Waals surface area contributed by atoms with Crippen LogP contribution in [0.1, 0.15) is 25.2 Å². The second-order valence-electron chi connectivity index (χ2n) is 8.08. The van der Waals surface area contributed by atoms with E-state index >= 15 is 0 Å². The van der Waals surface area contributed by atoms with E-state index in [4.69, 9.17) is 5.10 Å². The zero-order chi connectivity index (χ0) is 18.8. The molecule has 0 atom stereocenters. The van der Waals surface area contributed by atoms with Crippen LogP contribution in [0, 0.1) is 18.2 Å². The van der Waals surface area contributed by atoms with Crippen molar-refractivity contribution in [2.75, 3.05) is 0 Å². The fourth-order valence-electron chi connectivity index (χ4n) is 4.07. The largest absolute Gasteiger partial charge is 0.346 e. The van der Waals surface area contributed by atoms with Crippen LogP contribution < -0.4 is 0 Å². The molecule has 6 heteroatoms. The van der Waals surface area contributed by atoms with Gasteiger partial charge in [0.2, 0.25) is 0 Å². The lowest BCUT2D eigenvalue weighted by Crippen LogP contribution is -2.13. The topological polar surface area (TPSA) is 59.4 Å². The lowest BCUT2D eigenvalue weighted by atomic mass is 9.88. The summed E-state index contributed by atoms with van der Waals surface area (Å²) >= 11 is 0. The van der Waals surface area contributed by atoms with Gasteiger partial charge in [-0.25, -0.2) is 9.37 Å². The number of pyridine rings is 2. The van der Waals surface area contributed by atoms with Gasteiger partial charge in [-0.15, -0.1) is 0 Å². The van der Waals surface area contributed by atoms with Crippen molar-refractivity contribution < 1.29 is 4.39 Å². The van der Waals surface area contributed by atoms with E-state index in [0.29, 0.717) is 5.69 Å². The minimum Gasteiger partial charge on any atom is -0.346 e. The van der Waals surface area contributed by atoms with Crippen molar-refractivity contribution in [3.63, 3.8) is 0 Å². The molecule has 5 rings (SSSR count). The van der Waals surface area contributed by atoms with Crippen molar-refractivity contribution in [3.05, 3.63) is 53.9 Å². The lowest BCUT2D eigenvalue weighted by molar-refractivity contribution is 0.347. The van der Waals surface area contributed by atoms with Gasteiger partial charge in [-0.3, -0.25) is 9.67 Å². The number of aromatic amines is 1. The maximum absolute atomic E-state index is 13.4. The number of aromatic nitrogens is 5.